The number of anilines is 4. The maximum absolute atomic E-state index is 13.3. The Morgan fingerprint density at radius 3 is 0.664 bits per heavy atom. The number of piperidine rings is 4. The van der Waals surface area contributed by atoms with Crippen molar-refractivity contribution < 1.29 is 18.9 Å². The summed E-state index contributed by atoms with van der Waals surface area (Å²) in [6.45, 7) is 19.8. The summed E-state index contributed by atoms with van der Waals surface area (Å²) in [6, 6.07) is 27.8. The summed E-state index contributed by atoms with van der Waals surface area (Å²) in [7, 11) is 0. The highest BCUT2D eigenvalue weighted by atomic mass is 35.5. The van der Waals surface area contributed by atoms with Crippen LogP contribution in [0.15, 0.2) is 166 Å². The highest BCUT2D eigenvalue weighted by Gasteiger charge is 2.53. The Bertz CT molecular complexity index is 5860. The lowest BCUT2D eigenvalue weighted by Crippen LogP contribution is -2.52. The molecule has 0 unspecified atom stereocenters. The van der Waals surface area contributed by atoms with Crippen LogP contribution in [-0.4, -0.2) is 133 Å². The Morgan fingerprint density at radius 1 is 0.297 bits per heavy atom. The van der Waals surface area contributed by atoms with E-state index in [4.69, 9.17) is 155 Å². The number of benzene rings is 4. The molecule has 36 heteroatoms. The molecule has 0 aliphatic carbocycles. The molecule has 12 aromatic rings. The largest absolute Gasteiger partial charge is 0.483 e. The number of ether oxygens (including phenoxy) is 4. The van der Waals surface area contributed by atoms with Crippen LogP contribution in [0.25, 0.3) is 22.7 Å². The van der Waals surface area contributed by atoms with Crippen LogP contribution in [0.1, 0.15) is 143 Å². The van der Waals surface area contributed by atoms with Crippen LogP contribution in [0.2, 0.25) is 40.2 Å². The Balaban J connectivity index is 0.000000120. The molecule has 0 saturated carbocycles. The molecule has 4 atom stereocenters. The molecule has 4 aromatic carbocycles. The summed E-state index contributed by atoms with van der Waals surface area (Å²) in [4.78, 5) is 97.5. The van der Waals surface area contributed by atoms with Crippen LogP contribution < -0.4 is 83.7 Å². The normalized spacial score (nSPS) is 19.2. The van der Waals surface area contributed by atoms with E-state index in [0.717, 1.165) is 96.6 Å². The SMILES string of the molecule is Cc1c(N2CCC3(CC2)Oc2cnccc2[C@@H]3N)nc(C)n(-c2cccc(Cl)c2Cl)c1=O.Cc1c(N2CCC3(CC2)Oc2cnccc2[C@@H]3N)nc(C)n(-c2cccc(Cl)c2Cl)c1=O.Cc1c(N2CCC3(CC2)Oc2cnccc2[C@H]3N)nc(C)n(-c2cccc(Cl)c2Cl)c1=O.Cc1c(N2CCC3(CC2)Oc2cnccc2[C@H]3N)nc(C)n(-c2cccc(Cl)c2Cl)c1=O. The van der Waals surface area contributed by atoms with Crippen molar-refractivity contribution in [1.29, 1.82) is 0 Å². The molecule has 0 amide bonds. The van der Waals surface area contributed by atoms with Gasteiger partial charge >= 0.3 is 0 Å². The van der Waals surface area contributed by atoms with E-state index in [-0.39, 0.29) is 46.4 Å². The first-order valence-corrected chi connectivity index (χ1v) is 45.0. The van der Waals surface area contributed by atoms with Crippen molar-refractivity contribution in [3.63, 3.8) is 0 Å². The van der Waals surface area contributed by atoms with E-state index < -0.39 is 22.4 Å². The number of nitrogens with zero attached hydrogens (tertiary/aromatic N) is 16. The van der Waals surface area contributed by atoms with E-state index >= 15 is 0 Å². The van der Waals surface area contributed by atoms with Gasteiger partial charge < -0.3 is 61.5 Å². The van der Waals surface area contributed by atoms with Gasteiger partial charge in [-0.3, -0.25) is 57.4 Å². The summed E-state index contributed by atoms with van der Waals surface area (Å²) < 4.78 is 31.2. The van der Waals surface area contributed by atoms with Crippen LogP contribution in [0.5, 0.6) is 23.0 Å². The molecule has 128 heavy (non-hydrogen) atoms. The van der Waals surface area contributed by atoms with Gasteiger partial charge in [0.2, 0.25) is 0 Å². The second-order valence-electron chi connectivity index (χ2n) is 33.5. The number of aryl methyl sites for hydroxylation is 4. The van der Waals surface area contributed by atoms with E-state index in [2.05, 4.69) is 39.5 Å². The molecule has 0 radical (unpaired) electrons. The zero-order valence-electron chi connectivity index (χ0n) is 71.2. The lowest BCUT2D eigenvalue weighted by atomic mass is 9.83. The first-order valence-electron chi connectivity index (χ1n) is 42.0. The first kappa shape index (κ1) is 89.5. The van der Waals surface area contributed by atoms with Crippen LogP contribution >= 0.6 is 92.8 Å². The summed E-state index contributed by atoms with van der Waals surface area (Å²) in [5.74, 6) is 7.98. The highest BCUT2D eigenvalue weighted by Crippen LogP contribution is 2.52. The predicted molar refractivity (Wildman–Crippen MR) is 501 cm³/mol. The summed E-state index contributed by atoms with van der Waals surface area (Å²) in [6.07, 6.45) is 19.7. The second-order valence-corrected chi connectivity index (χ2v) is 36.6. The molecule has 4 spiro atoms. The average molecular weight is 1890 g/mol. The number of halogens is 8. The highest BCUT2D eigenvalue weighted by molar-refractivity contribution is 6.44. The minimum Gasteiger partial charge on any atom is -0.483 e. The molecule has 16 heterocycles. The third kappa shape index (κ3) is 15.8. The Morgan fingerprint density at radius 2 is 0.484 bits per heavy atom. The molecule has 4 saturated heterocycles. The maximum atomic E-state index is 13.3. The summed E-state index contributed by atoms with van der Waals surface area (Å²) in [5.41, 5.74) is 32.2. The molecule has 8 aliphatic rings. The van der Waals surface area contributed by atoms with Crippen molar-refractivity contribution in [1.82, 2.24) is 58.1 Å². The van der Waals surface area contributed by atoms with Crippen molar-refractivity contribution in [2.45, 2.75) is 153 Å². The lowest BCUT2D eigenvalue weighted by Gasteiger charge is -2.41. The van der Waals surface area contributed by atoms with E-state index in [9.17, 15) is 19.2 Å². The Hall–Kier alpha value is -10.4. The molecule has 28 nitrogen and oxygen atoms in total. The van der Waals surface area contributed by atoms with Gasteiger partial charge in [0.25, 0.3) is 22.2 Å². The maximum Gasteiger partial charge on any atom is 0.263 e. The fraction of sp³-hybridized carbons (Fsp3) is 0.348. The van der Waals surface area contributed by atoms with E-state index in [1.807, 2.05) is 24.3 Å². The van der Waals surface area contributed by atoms with Crippen molar-refractivity contribution >= 4 is 116 Å². The van der Waals surface area contributed by atoms with Crippen molar-refractivity contribution in [2.75, 3.05) is 72.0 Å². The Kier molecular flexibility index (Phi) is 24.8. The van der Waals surface area contributed by atoms with Crippen molar-refractivity contribution in [2.24, 2.45) is 22.9 Å². The van der Waals surface area contributed by atoms with Gasteiger partial charge in [-0.05, 0) is 128 Å². The number of fused-ring (bicyclic) bond motifs is 4. The van der Waals surface area contributed by atoms with Crippen molar-refractivity contribution in [3.05, 3.63) is 296 Å². The minimum atomic E-state index is -0.450. The molecular formula is C92H92Cl8N20O8. The zero-order valence-corrected chi connectivity index (χ0v) is 77.3. The van der Waals surface area contributed by atoms with Gasteiger partial charge in [0.1, 0.15) is 92.0 Å². The van der Waals surface area contributed by atoms with Crippen LogP contribution in [0, 0.1) is 55.4 Å². The molecule has 8 aliphatic heterocycles. The van der Waals surface area contributed by atoms with Crippen LogP contribution in [-0.2, 0) is 0 Å². The number of hydrogen-bond acceptors (Lipinski definition) is 24. The molecule has 664 valence electrons. The standard InChI is InChI=1S/4C23H23Cl2N5O2/c4*1-13-21(28-14(2)30(22(13)31)17-5-3-4-16(24)19(17)25)29-10-7-23(8-11-29)20(26)15-6-9-27-12-18(15)32-23/h4*3-6,9,12,20H,7-8,10-11,26H2,1-2H3/t4*20-/m1100/s1. The van der Waals surface area contributed by atoms with E-state index in [1.54, 1.807) is 178 Å². The van der Waals surface area contributed by atoms with Crippen molar-refractivity contribution in [3.8, 4) is 45.7 Å². The van der Waals surface area contributed by atoms with Gasteiger partial charge in [-0.2, -0.15) is 0 Å². The van der Waals surface area contributed by atoms with Gasteiger partial charge in [0.05, 0.1) is 134 Å². The lowest BCUT2D eigenvalue weighted by molar-refractivity contribution is 0.0427. The fourth-order valence-electron chi connectivity index (χ4n) is 19.1. The average Bonchev–Trinajstić information content (AvgIpc) is 1.68. The quantitative estimate of drug-likeness (QED) is 0.110. The molecule has 20 rings (SSSR count). The first-order chi connectivity index (χ1) is 61.3. The van der Waals surface area contributed by atoms with Gasteiger partial charge in [-0.15, -0.1) is 0 Å². The minimum absolute atomic E-state index is 0.163. The Labute approximate surface area is 777 Å². The number of hydrogen-bond donors (Lipinski definition) is 4. The molecule has 4 fully saturated rings. The van der Waals surface area contributed by atoms with E-state index in [1.165, 1.54) is 18.3 Å². The van der Waals surface area contributed by atoms with Gasteiger partial charge in [0.15, 0.2) is 0 Å². The molecular weight excluding hydrogens is 1800 g/mol. The molecule has 8 aromatic heterocycles. The second kappa shape index (κ2) is 35.4. The third-order valence-electron chi connectivity index (χ3n) is 26.3. The van der Waals surface area contributed by atoms with E-state index in [0.29, 0.717) is 184 Å². The molecule has 0 bridgehead atoms. The predicted octanol–water partition coefficient (Wildman–Crippen LogP) is 15.9. The van der Waals surface area contributed by atoms with Crippen LogP contribution in [0.3, 0.4) is 0 Å². The number of nitrogens with two attached hydrogens (primary N) is 4. The number of rotatable bonds is 8. The smallest absolute Gasteiger partial charge is 0.263 e. The fourth-order valence-corrected chi connectivity index (χ4v) is 20.6. The zero-order chi connectivity index (χ0) is 90.5. The molecule has 8 N–H and O–H groups in total. The van der Waals surface area contributed by atoms with Gasteiger partial charge in [-0.25, -0.2) is 19.9 Å². The number of aromatic nitrogens is 12. The van der Waals surface area contributed by atoms with Gasteiger partial charge in [-0.1, -0.05) is 117 Å². The topological polar surface area (TPSA) is 345 Å². The summed E-state index contributed by atoms with van der Waals surface area (Å²) >= 11 is 50.2. The summed E-state index contributed by atoms with van der Waals surface area (Å²) in [5, 5.41) is 2.88. The third-order valence-corrected chi connectivity index (χ3v) is 29.5. The number of pyridine rings is 4. The van der Waals surface area contributed by atoms with Crippen LogP contribution in [0.4, 0.5) is 23.3 Å². The monoisotopic (exact) mass is 1880 g/mol. The van der Waals surface area contributed by atoms with Gasteiger partial charge in [0, 0.05) is 151 Å².